The van der Waals surface area contributed by atoms with Gasteiger partial charge in [0.1, 0.15) is 5.82 Å². The molecule has 0 spiro atoms. The van der Waals surface area contributed by atoms with E-state index < -0.39 is 0 Å². The lowest BCUT2D eigenvalue weighted by Crippen LogP contribution is -2.23. The summed E-state index contributed by atoms with van der Waals surface area (Å²) in [5.74, 6) is 3.14. The third kappa shape index (κ3) is 4.26. The summed E-state index contributed by atoms with van der Waals surface area (Å²) in [6.07, 6.45) is 4.92. The van der Waals surface area contributed by atoms with Crippen molar-refractivity contribution in [3.8, 4) is 0 Å². The predicted molar refractivity (Wildman–Crippen MR) is 88.7 cm³/mol. The zero-order valence-electron chi connectivity index (χ0n) is 14.4. The van der Waals surface area contributed by atoms with Crippen LogP contribution in [0.1, 0.15) is 68.7 Å². The molecule has 118 valence electrons. The second-order valence-corrected chi connectivity index (χ2v) is 6.96. The molecular formula is C18H31N3. The number of nitrogens with one attached hydrogen (secondary N) is 1. The van der Waals surface area contributed by atoms with Crippen LogP contribution in [0.3, 0.4) is 0 Å². The van der Waals surface area contributed by atoms with Gasteiger partial charge in [-0.1, -0.05) is 20.8 Å². The van der Waals surface area contributed by atoms with Gasteiger partial charge in [0.05, 0.1) is 0 Å². The summed E-state index contributed by atoms with van der Waals surface area (Å²) in [4.78, 5) is 9.70. The van der Waals surface area contributed by atoms with Crippen molar-refractivity contribution in [3.05, 3.63) is 22.8 Å². The lowest BCUT2D eigenvalue weighted by Gasteiger charge is -2.17. The first-order valence-electron chi connectivity index (χ1n) is 8.56. The number of aryl methyl sites for hydroxylation is 2. The van der Waals surface area contributed by atoms with Crippen LogP contribution in [0.4, 0.5) is 0 Å². The minimum absolute atomic E-state index is 0.589. The smallest absolute Gasteiger partial charge is 0.131 e. The van der Waals surface area contributed by atoms with Crippen molar-refractivity contribution in [2.75, 3.05) is 13.1 Å². The number of hydrogen-bond acceptors (Lipinski definition) is 3. The molecule has 0 radical (unpaired) electrons. The second kappa shape index (κ2) is 7.35. The standard InChI is InChI=1S/C18H31N3/c1-6-19-11-13(3)10-17-14(4)20-18(21-15(17)5)16-8-7-12(2)9-16/h12-13,16,19H,6-11H2,1-5H3. The highest BCUT2D eigenvalue weighted by atomic mass is 14.9. The molecule has 3 unspecified atom stereocenters. The van der Waals surface area contributed by atoms with E-state index in [2.05, 4.69) is 39.9 Å². The topological polar surface area (TPSA) is 37.8 Å². The van der Waals surface area contributed by atoms with Crippen molar-refractivity contribution >= 4 is 0 Å². The molecule has 0 bridgehead atoms. The third-order valence-corrected chi connectivity index (χ3v) is 4.79. The van der Waals surface area contributed by atoms with Crippen LogP contribution < -0.4 is 5.32 Å². The van der Waals surface area contributed by atoms with E-state index in [1.165, 1.54) is 36.2 Å². The highest BCUT2D eigenvalue weighted by molar-refractivity contribution is 5.26. The average molecular weight is 289 g/mol. The normalized spacial score (nSPS) is 23.5. The summed E-state index contributed by atoms with van der Waals surface area (Å²) < 4.78 is 0. The Labute approximate surface area is 130 Å². The molecule has 1 aliphatic carbocycles. The van der Waals surface area contributed by atoms with Crippen molar-refractivity contribution in [2.45, 2.75) is 66.2 Å². The van der Waals surface area contributed by atoms with Gasteiger partial charge >= 0.3 is 0 Å². The molecule has 1 saturated carbocycles. The van der Waals surface area contributed by atoms with Crippen LogP contribution in [0.2, 0.25) is 0 Å². The SMILES string of the molecule is CCNCC(C)Cc1c(C)nc(C2CCC(C)C2)nc1C. The van der Waals surface area contributed by atoms with Gasteiger partial charge in [-0.2, -0.15) is 0 Å². The fourth-order valence-corrected chi connectivity index (χ4v) is 3.50. The van der Waals surface area contributed by atoms with Gasteiger partial charge in [0, 0.05) is 17.3 Å². The van der Waals surface area contributed by atoms with Crippen LogP contribution in [-0.4, -0.2) is 23.1 Å². The molecule has 0 aliphatic heterocycles. The summed E-state index contributed by atoms with van der Waals surface area (Å²) in [7, 11) is 0. The second-order valence-electron chi connectivity index (χ2n) is 6.96. The first-order valence-corrected chi connectivity index (χ1v) is 8.56. The molecule has 1 fully saturated rings. The maximum absolute atomic E-state index is 4.85. The number of hydrogen-bond donors (Lipinski definition) is 1. The molecule has 0 amide bonds. The molecular weight excluding hydrogens is 258 g/mol. The van der Waals surface area contributed by atoms with Gasteiger partial charge in [-0.3, -0.25) is 0 Å². The van der Waals surface area contributed by atoms with Crippen molar-refractivity contribution < 1.29 is 0 Å². The first kappa shape index (κ1) is 16.4. The Morgan fingerprint density at radius 1 is 1.19 bits per heavy atom. The molecule has 2 rings (SSSR count). The molecule has 1 aromatic rings. The molecule has 1 aliphatic rings. The molecule has 3 nitrogen and oxygen atoms in total. The Morgan fingerprint density at radius 3 is 2.38 bits per heavy atom. The van der Waals surface area contributed by atoms with E-state index in [1.54, 1.807) is 0 Å². The molecule has 3 heteroatoms. The van der Waals surface area contributed by atoms with Crippen LogP contribution in [-0.2, 0) is 6.42 Å². The maximum Gasteiger partial charge on any atom is 0.131 e. The van der Waals surface area contributed by atoms with Crippen LogP contribution in [0, 0.1) is 25.7 Å². The summed E-state index contributed by atoms with van der Waals surface area (Å²) >= 11 is 0. The van der Waals surface area contributed by atoms with Gasteiger partial charge in [0.25, 0.3) is 0 Å². The average Bonchev–Trinajstić information content (AvgIpc) is 2.87. The molecule has 21 heavy (non-hydrogen) atoms. The fraction of sp³-hybridized carbons (Fsp3) is 0.778. The molecule has 1 heterocycles. The minimum Gasteiger partial charge on any atom is -0.317 e. The minimum atomic E-state index is 0.589. The Morgan fingerprint density at radius 2 is 1.86 bits per heavy atom. The monoisotopic (exact) mass is 289 g/mol. The van der Waals surface area contributed by atoms with E-state index in [-0.39, 0.29) is 0 Å². The fourth-order valence-electron chi connectivity index (χ4n) is 3.50. The quantitative estimate of drug-likeness (QED) is 0.866. The van der Waals surface area contributed by atoms with Gasteiger partial charge in [-0.05, 0) is 70.0 Å². The van der Waals surface area contributed by atoms with E-state index >= 15 is 0 Å². The van der Waals surface area contributed by atoms with E-state index in [1.807, 2.05) is 0 Å². The van der Waals surface area contributed by atoms with Crippen molar-refractivity contribution in [1.82, 2.24) is 15.3 Å². The first-order chi connectivity index (χ1) is 10.0. The molecule has 3 atom stereocenters. The maximum atomic E-state index is 4.85. The van der Waals surface area contributed by atoms with Crippen LogP contribution >= 0.6 is 0 Å². The Balaban J connectivity index is 2.10. The third-order valence-electron chi connectivity index (χ3n) is 4.79. The number of rotatable bonds is 6. The Hall–Kier alpha value is -0.960. The Bertz CT molecular complexity index is 447. The Kier molecular flexibility index (Phi) is 5.74. The van der Waals surface area contributed by atoms with Crippen molar-refractivity contribution in [1.29, 1.82) is 0 Å². The van der Waals surface area contributed by atoms with Crippen LogP contribution in [0.5, 0.6) is 0 Å². The zero-order valence-corrected chi connectivity index (χ0v) is 14.4. The lowest BCUT2D eigenvalue weighted by molar-refractivity contribution is 0.515. The predicted octanol–water partition coefficient (Wildman–Crippen LogP) is 3.79. The highest BCUT2D eigenvalue weighted by Gasteiger charge is 2.26. The molecule has 0 aromatic carbocycles. The summed E-state index contributed by atoms with van der Waals surface area (Å²) in [6, 6.07) is 0. The molecule has 1 aromatic heterocycles. The summed E-state index contributed by atoms with van der Waals surface area (Å²) in [5, 5.41) is 3.43. The number of nitrogens with zero attached hydrogens (tertiary/aromatic N) is 2. The number of aromatic nitrogens is 2. The van der Waals surface area contributed by atoms with Crippen molar-refractivity contribution in [3.63, 3.8) is 0 Å². The van der Waals surface area contributed by atoms with Crippen molar-refractivity contribution in [2.24, 2.45) is 11.8 Å². The van der Waals surface area contributed by atoms with Crippen LogP contribution in [0.25, 0.3) is 0 Å². The highest BCUT2D eigenvalue weighted by Crippen LogP contribution is 2.36. The van der Waals surface area contributed by atoms with E-state index in [0.717, 1.165) is 31.3 Å². The summed E-state index contributed by atoms with van der Waals surface area (Å²) in [6.45, 7) is 13.2. The molecule has 1 N–H and O–H groups in total. The zero-order chi connectivity index (χ0) is 15.4. The lowest BCUT2D eigenvalue weighted by atomic mass is 9.97. The van der Waals surface area contributed by atoms with E-state index in [0.29, 0.717) is 11.8 Å². The largest absolute Gasteiger partial charge is 0.317 e. The van der Waals surface area contributed by atoms with Gasteiger partial charge in [0.2, 0.25) is 0 Å². The van der Waals surface area contributed by atoms with E-state index in [9.17, 15) is 0 Å². The van der Waals surface area contributed by atoms with Gasteiger partial charge in [-0.15, -0.1) is 0 Å². The van der Waals surface area contributed by atoms with Gasteiger partial charge < -0.3 is 5.32 Å². The van der Waals surface area contributed by atoms with Crippen LogP contribution in [0.15, 0.2) is 0 Å². The molecule has 0 saturated heterocycles. The van der Waals surface area contributed by atoms with Gasteiger partial charge in [-0.25, -0.2) is 9.97 Å². The summed E-state index contributed by atoms with van der Waals surface area (Å²) in [5.41, 5.74) is 3.75. The van der Waals surface area contributed by atoms with E-state index in [4.69, 9.17) is 9.97 Å². The van der Waals surface area contributed by atoms with Gasteiger partial charge in [0.15, 0.2) is 0 Å².